The first-order valence-electron chi connectivity index (χ1n) is 14.0. The van der Waals surface area contributed by atoms with Crippen LogP contribution in [0.5, 0.6) is 0 Å². The van der Waals surface area contributed by atoms with Crippen LogP contribution in [0.25, 0.3) is 10.8 Å². The van der Waals surface area contributed by atoms with Gasteiger partial charge in [0.05, 0.1) is 19.5 Å². The van der Waals surface area contributed by atoms with Crippen LogP contribution < -0.4 is 0 Å². The summed E-state index contributed by atoms with van der Waals surface area (Å²) in [4.78, 5) is 50.0. The molecule has 4 aromatic rings. The quantitative estimate of drug-likeness (QED) is 0.305. The highest BCUT2D eigenvalue weighted by Crippen LogP contribution is 2.41. The van der Waals surface area contributed by atoms with E-state index in [4.69, 9.17) is 4.74 Å². The van der Waals surface area contributed by atoms with E-state index < -0.39 is 5.54 Å². The Morgan fingerprint density at radius 2 is 1.71 bits per heavy atom. The zero-order valence-electron chi connectivity index (χ0n) is 23.1. The number of nitrogens with zero attached hydrogens (tertiary/aromatic N) is 5. The normalized spacial score (nSPS) is 19.4. The highest BCUT2D eigenvalue weighted by atomic mass is 16.5. The minimum absolute atomic E-state index is 0.0306. The van der Waals surface area contributed by atoms with Crippen molar-refractivity contribution in [1.82, 2.24) is 24.3 Å². The number of urea groups is 1. The third-order valence-electron chi connectivity index (χ3n) is 8.17. The van der Waals surface area contributed by atoms with Crippen LogP contribution >= 0.6 is 0 Å². The number of amides is 4. The smallest absolute Gasteiger partial charge is 0.328 e. The average Bonchev–Trinajstić information content (AvgIpc) is 3.60. The van der Waals surface area contributed by atoms with E-state index in [1.165, 1.54) is 4.90 Å². The first-order valence-corrected chi connectivity index (χ1v) is 14.0. The van der Waals surface area contributed by atoms with Gasteiger partial charge in [-0.15, -0.1) is 0 Å². The van der Waals surface area contributed by atoms with Crippen molar-refractivity contribution in [3.63, 3.8) is 0 Å². The Labute approximate surface area is 238 Å². The van der Waals surface area contributed by atoms with Crippen molar-refractivity contribution in [3.05, 3.63) is 102 Å². The molecule has 0 N–H and O–H groups in total. The number of imidazole rings is 1. The van der Waals surface area contributed by atoms with Gasteiger partial charge in [-0.1, -0.05) is 54.6 Å². The Kier molecular flexibility index (Phi) is 7.28. The topological polar surface area (TPSA) is 88.0 Å². The monoisotopic (exact) mass is 551 g/mol. The fourth-order valence-electron chi connectivity index (χ4n) is 5.85. The lowest BCUT2D eigenvalue weighted by molar-refractivity contribution is -0.133. The van der Waals surface area contributed by atoms with Crippen LogP contribution in [0.3, 0.4) is 0 Å². The summed E-state index contributed by atoms with van der Waals surface area (Å²) in [5.41, 5.74) is 1.04. The van der Waals surface area contributed by atoms with Crippen LogP contribution in [0.15, 0.2) is 85.5 Å². The molecule has 2 aliphatic heterocycles. The molecule has 2 fully saturated rings. The molecule has 9 heteroatoms. The SMILES string of the molecule is CC1(c2cccc3ccccc23)C(=O)N(CCCn2ccnc2)C(=O)N1Cc1ccc(C(=O)N2CCOCC2)cc1. The summed E-state index contributed by atoms with van der Waals surface area (Å²) in [5.74, 6) is -0.263. The van der Waals surface area contributed by atoms with Gasteiger partial charge in [-0.05, 0) is 47.4 Å². The number of hydrogen-bond acceptors (Lipinski definition) is 5. The molecule has 2 aliphatic rings. The number of carbonyl (C=O) groups is 3. The van der Waals surface area contributed by atoms with Gasteiger partial charge in [0.2, 0.25) is 0 Å². The zero-order valence-corrected chi connectivity index (χ0v) is 23.1. The summed E-state index contributed by atoms with van der Waals surface area (Å²) >= 11 is 0. The van der Waals surface area contributed by atoms with Gasteiger partial charge < -0.3 is 19.1 Å². The predicted octanol–water partition coefficient (Wildman–Crippen LogP) is 4.28. The number of morpholine rings is 1. The predicted molar refractivity (Wildman–Crippen MR) is 154 cm³/mol. The lowest BCUT2D eigenvalue weighted by atomic mass is 9.86. The van der Waals surface area contributed by atoms with Crippen LogP contribution in [-0.4, -0.2) is 74.9 Å². The van der Waals surface area contributed by atoms with Crippen molar-refractivity contribution in [2.24, 2.45) is 0 Å². The summed E-state index contributed by atoms with van der Waals surface area (Å²) in [7, 11) is 0. The van der Waals surface area contributed by atoms with Crippen LogP contribution in [-0.2, 0) is 28.2 Å². The molecule has 3 heterocycles. The Morgan fingerprint density at radius 1 is 0.951 bits per heavy atom. The van der Waals surface area contributed by atoms with Crippen LogP contribution in [0.1, 0.15) is 34.8 Å². The second kappa shape index (κ2) is 11.2. The van der Waals surface area contributed by atoms with Crippen LogP contribution in [0.4, 0.5) is 4.79 Å². The molecule has 41 heavy (non-hydrogen) atoms. The molecule has 210 valence electrons. The van der Waals surface area contributed by atoms with E-state index in [9.17, 15) is 14.4 Å². The number of hydrogen-bond donors (Lipinski definition) is 0. The third kappa shape index (κ3) is 4.97. The number of fused-ring (bicyclic) bond motifs is 1. The van der Waals surface area contributed by atoms with Crippen molar-refractivity contribution < 1.29 is 19.1 Å². The highest BCUT2D eigenvalue weighted by molar-refractivity contribution is 6.09. The highest BCUT2D eigenvalue weighted by Gasteiger charge is 2.55. The van der Waals surface area contributed by atoms with Crippen molar-refractivity contribution in [3.8, 4) is 0 Å². The molecule has 1 unspecified atom stereocenters. The second-order valence-electron chi connectivity index (χ2n) is 10.7. The summed E-state index contributed by atoms with van der Waals surface area (Å²) in [5, 5.41) is 1.95. The minimum atomic E-state index is -1.20. The van der Waals surface area contributed by atoms with Gasteiger partial charge >= 0.3 is 6.03 Å². The van der Waals surface area contributed by atoms with E-state index in [1.807, 2.05) is 72.3 Å². The number of rotatable bonds is 8. The molecule has 3 aromatic carbocycles. The van der Waals surface area contributed by atoms with E-state index in [0.29, 0.717) is 51.4 Å². The van der Waals surface area contributed by atoms with Crippen molar-refractivity contribution >= 4 is 28.6 Å². The molecule has 0 aliphatic carbocycles. The molecule has 1 aromatic heterocycles. The molecule has 0 saturated carbocycles. The van der Waals surface area contributed by atoms with Crippen molar-refractivity contribution in [2.45, 2.75) is 32.0 Å². The average molecular weight is 552 g/mol. The van der Waals surface area contributed by atoms with Gasteiger partial charge in [0, 0.05) is 50.7 Å². The Balaban J connectivity index is 1.30. The molecule has 1 atom stereocenters. The Hall–Kier alpha value is -4.50. The maximum Gasteiger partial charge on any atom is 0.328 e. The lowest BCUT2D eigenvalue weighted by Gasteiger charge is -2.33. The molecule has 0 radical (unpaired) electrons. The standard InChI is InChI=1S/C32H33N5O4/c1-32(28-9-4-7-25-6-2-3-8-27(25)28)30(39)36(16-5-15-34-17-14-33-23-34)31(40)37(32)22-24-10-12-26(13-11-24)29(38)35-18-20-41-21-19-35/h2-4,6-14,17,23H,5,15-16,18-22H2,1H3. The summed E-state index contributed by atoms with van der Waals surface area (Å²) in [6.07, 6.45) is 5.93. The number of carbonyl (C=O) groups excluding carboxylic acids is 3. The lowest BCUT2D eigenvalue weighted by Crippen LogP contribution is -2.44. The number of ether oxygens (including phenoxy) is 1. The number of aryl methyl sites for hydroxylation is 1. The van der Waals surface area contributed by atoms with E-state index in [-0.39, 0.29) is 24.4 Å². The second-order valence-corrected chi connectivity index (χ2v) is 10.7. The molecule has 9 nitrogen and oxygen atoms in total. The number of aromatic nitrogens is 2. The maximum atomic E-state index is 14.2. The van der Waals surface area contributed by atoms with Crippen molar-refractivity contribution in [2.75, 3.05) is 32.8 Å². The summed E-state index contributed by atoms with van der Waals surface area (Å²) in [6, 6.07) is 20.9. The van der Waals surface area contributed by atoms with Gasteiger partial charge in [-0.2, -0.15) is 0 Å². The van der Waals surface area contributed by atoms with Crippen molar-refractivity contribution in [1.29, 1.82) is 0 Å². The first kappa shape index (κ1) is 26.7. The van der Waals surface area contributed by atoms with Gasteiger partial charge in [-0.3, -0.25) is 14.5 Å². The molecular formula is C32H33N5O4. The first-order chi connectivity index (χ1) is 20.0. The summed E-state index contributed by atoms with van der Waals surface area (Å²) < 4.78 is 7.30. The van der Waals surface area contributed by atoms with Gasteiger partial charge in [-0.25, -0.2) is 9.78 Å². The van der Waals surface area contributed by atoms with Gasteiger partial charge in [0.25, 0.3) is 11.8 Å². The Bertz CT molecular complexity index is 1560. The van der Waals surface area contributed by atoms with Crippen LogP contribution in [0.2, 0.25) is 0 Å². The molecular weight excluding hydrogens is 518 g/mol. The van der Waals surface area contributed by atoms with Crippen LogP contribution in [0, 0.1) is 0 Å². The fraction of sp³-hybridized carbons (Fsp3) is 0.312. The Morgan fingerprint density at radius 3 is 2.46 bits per heavy atom. The maximum absolute atomic E-state index is 14.2. The largest absolute Gasteiger partial charge is 0.378 e. The molecule has 0 spiro atoms. The van der Waals surface area contributed by atoms with E-state index in [1.54, 1.807) is 34.5 Å². The fourth-order valence-corrected chi connectivity index (χ4v) is 5.85. The molecule has 0 bridgehead atoms. The third-order valence-corrected chi connectivity index (χ3v) is 8.17. The van der Waals surface area contributed by atoms with E-state index in [0.717, 1.165) is 21.9 Å². The number of benzene rings is 3. The van der Waals surface area contributed by atoms with E-state index in [2.05, 4.69) is 4.98 Å². The van der Waals surface area contributed by atoms with Gasteiger partial charge in [0.15, 0.2) is 0 Å². The molecule has 6 rings (SSSR count). The summed E-state index contributed by atoms with van der Waals surface area (Å²) in [6.45, 7) is 5.27. The zero-order chi connectivity index (χ0) is 28.4. The van der Waals surface area contributed by atoms with E-state index >= 15 is 0 Å². The number of imide groups is 1. The van der Waals surface area contributed by atoms with Gasteiger partial charge in [0.1, 0.15) is 5.54 Å². The molecule has 4 amide bonds. The molecule has 2 saturated heterocycles. The minimum Gasteiger partial charge on any atom is -0.378 e.